The van der Waals surface area contributed by atoms with Crippen molar-refractivity contribution in [3.8, 4) is 0 Å². The summed E-state index contributed by atoms with van der Waals surface area (Å²) in [5.41, 5.74) is 0. The number of carbonyl (C=O) groups is 1. The smallest absolute Gasteiger partial charge is 0.457 e. The molecule has 1 atom stereocenters. The molecule has 0 aromatic heterocycles. The van der Waals surface area contributed by atoms with Crippen LogP contribution in [0.1, 0.15) is 174 Å². The SMILES string of the molecule is CCCC/C=C\C/C=C\CCCCCCCC(=O)O[C@H](COCCCCCCCCCCCCCCCC)COP(=O)(O)O. The normalized spacial score (nSPS) is 12.9. The summed E-state index contributed by atoms with van der Waals surface area (Å²) in [6, 6.07) is 0. The maximum Gasteiger partial charge on any atom is 0.469 e. The van der Waals surface area contributed by atoms with Gasteiger partial charge in [-0.05, 0) is 38.5 Å². The maximum atomic E-state index is 12.3. The molecule has 0 aliphatic carbocycles. The molecule has 2 N–H and O–H groups in total. The van der Waals surface area contributed by atoms with Gasteiger partial charge in [0.05, 0.1) is 13.2 Å². The van der Waals surface area contributed by atoms with E-state index in [0.717, 1.165) is 57.8 Å². The molecule has 7 nitrogen and oxygen atoms in total. The van der Waals surface area contributed by atoms with Crippen LogP contribution in [0, 0.1) is 0 Å². The third-order valence-electron chi connectivity index (χ3n) is 7.75. The highest BCUT2D eigenvalue weighted by molar-refractivity contribution is 7.46. The van der Waals surface area contributed by atoms with E-state index >= 15 is 0 Å². The van der Waals surface area contributed by atoms with Crippen LogP contribution in [0.25, 0.3) is 0 Å². The molecular weight excluding hydrogens is 575 g/mol. The number of esters is 1. The average Bonchev–Trinajstić information content (AvgIpc) is 2.99. The second kappa shape index (κ2) is 33.4. The Balaban J connectivity index is 3.86. The van der Waals surface area contributed by atoms with Crippen molar-refractivity contribution in [1.29, 1.82) is 0 Å². The minimum Gasteiger partial charge on any atom is -0.457 e. The molecule has 8 heteroatoms. The molecule has 0 saturated carbocycles. The number of rotatable bonds is 34. The fraction of sp³-hybridized carbons (Fsp3) is 0.861. The second-order valence-electron chi connectivity index (χ2n) is 12.2. The van der Waals surface area contributed by atoms with E-state index in [2.05, 4.69) is 42.7 Å². The van der Waals surface area contributed by atoms with Gasteiger partial charge < -0.3 is 19.3 Å². The molecule has 44 heavy (non-hydrogen) atoms. The lowest BCUT2D eigenvalue weighted by Crippen LogP contribution is -2.28. The fourth-order valence-electron chi connectivity index (χ4n) is 5.05. The van der Waals surface area contributed by atoms with Crippen LogP contribution in [0.15, 0.2) is 24.3 Å². The summed E-state index contributed by atoms with van der Waals surface area (Å²) in [4.78, 5) is 30.4. The van der Waals surface area contributed by atoms with Crippen LogP contribution in [-0.4, -0.2) is 41.7 Å². The fourth-order valence-corrected chi connectivity index (χ4v) is 5.41. The first-order valence-corrected chi connectivity index (χ1v) is 19.7. The van der Waals surface area contributed by atoms with Gasteiger partial charge in [-0.3, -0.25) is 9.32 Å². The summed E-state index contributed by atoms with van der Waals surface area (Å²) in [7, 11) is -4.65. The highest BCUT2D eigenvalue weighted by atomic mass is 31.2. The van der Waals surface area contributed by atoms with Gasteiger partial charge in [0, 0.05) is 13.0 Å². The lowest BCUT2D eigenvalue weighted by Gasteiger charge is -2.18. The van der Waals surface area contributed by atoms with E-state index in [9.17, 15) is 9.36 Å². The van der Waals surface area contributed by atoms with Crippen LogP contribution in [0.3, 0.4) is 0 Å². The van der Waals surface area contributed by atoms with Crippen molar-refractivity contribution in [2.45, 2.75) is 180 Å². The van der Waals surface area contributed by atoms with Gasteiger partial charge in [0.2, 0.25) is 0 Å². The molecule has 0 bridgehead atoms. The van der Waals surface area contributed by atoms with Crippen molar-refractivity contribution < 1.29 is 33.1 Å². The summed E-state index contributed by atoms with van der Waals surface area (Å²) in [6.07, 6.45) is 37.3. The van der Waals surface area contributed by atoms with Crippen molar-refractivity contribution >= 4 is 13.8 Å². The van der Waals surface area contributed by atoms with E-state index in [1.54, 1.807) is 0 Å². The Morgan fingerprint density at radius 3 is 1.64 bits per heavy atom. The molecule has 0 spiro atoms. The van der Waals surface area contributed by atoms with E-state index in [1.807, 2.05) is 0 Å². The Morgan fingerprint density at radius 1 is 0.614 bits per heavy atom. The Morgan fingerprint density at radius 2 is 1.09 bits per heavy atom. The molecule has 0 saturated heterocycles. The molecule has 0 rings (SSSR count). The highest BCUT2D eigenvalue weighted by Crippen LogP contribution is 2.35. The quantitative estimate of drug-likeness (QED) is 0.0311. The Hall–Kier alpha value is -0.980. The standard InChI is InChI=1S/C36H69O7P/c1-3-5-7-9-11-13-15-17-19-21-23-25-27-29-31-36(37)43-35(34-42-44(38,39)40)33-41-32-30-28-26-24-22-20-18-16-14-12-10-8-6-4-2/h9,11,15,17,35H,3-8,10,12-14,16,18-34H2,1-2H3,(H2,38,39,40)/b11-9-,17-15-/t35-/m1/s1. The molecule has 0 unspecified atom stereocenters. The van der Waals surface area contributed by atoms with Crippen molar-refractivity contribution in [2.75, 3.05) is 19.8 Å². The Labute approximate surface area is 271 Å². The Kier molecular flexibility index (Phi) is 32.6. The lowest BCUT2D eigenvalue weighted by atomic mass is 10.0. The minimum atomic E-state index is -4.65. The summed E-state index contributed by atoms with van der Waals surface area (Å²) < 4.78 is 26.9. The molecule has 0 aliphatic heterocycles. The number of ether oxygens (including phenoxy) is 2. The monoisotopic (exact) mass is 644 g/mol. The first-order valence-electron chi connectivity index (χ1n) is 18.2. The predicted octanol–water partition coefficient (Wildman–Crippen LogP) is 10.9. The number of unbranched alkanes of at least 4 members (excludes halogenated alkanes) is 20. The molecule has 0 radical (unpaired) electrons. The zero-order valence-electron chi connectivity index (χ0n) is 28.6. The van der Waals surface area contributed by atoms with Gasteiger partial charge in [0.1, 0.15) is 6.10 Å². The summed E-state index contributed by atoms with van der Waals surface area (Å²) in [5, 5.41) is 0. The van der Waals surface area contributed by atoms with E-state index < -0.39 is 13.9 Å². The zero-order valence-corrected chi connectivity index (χ0v) is 29.5. The summed E-state index contributed by atoms with van der Waals surface area (Å²) in [5.74, 6) is -0.376. The molecule has 0 aromatic carbocycles. The molecular formula is C36H69O7P. The van der Waals surface area contributed by atoms with E-state index in [1.165, 1.54) is 96.3 Å². The van der Waals surface area contributed by atoms with Gasteiger partial charge in [-0.15, -0.1) is 0 Å². The average molecular weight is 645 g/mol. The predicted molar refractivity (Wildman–Crippen MR) is 184 cm³/mol. The van der Waals surface area contributed by atoms with Gasteiger partial charge in [0.25, 0.3) is 0 Å². The largest absolute Gasteiger partial charge is 0.469 e. The van der Waals surface area contributed by atoms with E-state index in [4.69, 9.17) is 19.3 Å². The van der Waals surface area contributed by atoms with E-state index in [-0.39, 0.29) is 25.6 Å². The molecule has 0 fully saturated rings. The molecule has 0 heterocycles. The van der Waals surface area contributed by atoms with Crippen molar-refractivity contribution in [3.05, 3.63) is 24.3 Å². The molecule has 260 valence electrons. The highest BCUT2D eigenvalue weighted by Gasteiger charge is 2.21. The number of hydrogen-bond acceptors (Lipinski definition) is 5. The van der Waals surface area contributed by atoms with Crippen molar-refractivity contribution in [1.82, 2.24) is 0 Å². The van der Waals surface area contributed by atoms with Gasteiger partial charge in [-0.1, -0.05) is 154 Å². The van der Waals surface area contributed by atoms with Crippen LogP contribution in [0.5, 0.6) is 0 Å². The van der Waals surface area contributed by atoms with Crippen LogP contribution in [0.2, 0.25) is 0 Å². The molecule has 0 aromatic rings. The van der Waals surface area contributed by atoms with Gasteiger partial charge in [-0.25, -0.2) is 4.57 Å². The number of phosphoric ester groups is 1. The number of hydrogen-bond donors (Lipinski definition) is 2. The van der Waals surface area contributed by atoms with Crippen LogP contribution >= 0.6 is 7.82 Å². The minimum absolute atomic E-state index is 0.0756. The third kappa shape index (κ3) is 35.5. The van der Waals surface area contributed by atoms with Gasteiger partial charge in [-0.2, -0.15) is 0 Å². The number of carbonyl (C=O) groups excluding carboxylic acids is 1. The van der Waals surface area contributed by atoms with E-state index in [0.29, 0.717) is 6.61 Å². The zero-order chi connectivity index (χ0) is 32.4. The third-order valence-corrected chi connectivity index (χ3v) is 8.24. The number of phosphoric acid groups is 1. The van der Waals surface area contributed by atoms with Gasteiger partial charge in [0.15, 0.2) is 0 Å². The first-order chi connectivity index (χ1) is 21.4. The first kappa shape index (κ1) is 43.0. The maximum absolute atomic E-state index is 12.3. The van der Waals surface area contributed by atoms with Crippen molar-refractivity contribution in [2.24, 2.45) is 0 Å². The lowest BCUT2D eigenvalue weighted by molar-refractivity contribution is -0.154. The van der Waals surface area contributed by atoms with Gasteiger partial charge >= 0.3 is 13.8 Å². The number of allylic oxidation sites excluding steroid dienone is 4. The molecule has 0 amide bonds. The second-order valence-corrected chi connectivity index (χ2v) is 13.4. The van der Waals surface area contributed by atoms with Crippen molar-refractivity contribution in [3.63, 3.8) is 0 Å². The summed E-state index contributed by atoms with van der Waals surface area (Å²) in [6.45, 7) is 4.70. The van der Waals surface area contributed by atoms with Crippen LogP contribution < -0.4 is 0 Å². The molecule has 0 aliphatic rings. The van der Waals surface area contributed by atoms with Crippen LogP contribution in [0.4, 0.5) is 0 Å². The summed E-state index contributed by atoms with van der Waals surface area (Å²) >= 11 is 0. The Bertz CT molecular complexity index is 719. The van der Waals surface area contributed by atoms with Crippen LogP contribution in [-0.2, 0) is 23.4 Å². The topological polar surface area (TPSA) is 102 Å².